The van der Waals surface area contributed by atoms with Crippen LogP contribution in [0.5, 0.6) is 0 Å². The Kier molecular flexibility index (Phi) is 5.42. The zero-order valence-electron chi connectivity index (χ0n) is 12.6. The van der Waals surface area contributed by atoms with Crippen molar-refractivity contribution in [3.8, 4) is 0 Å². The summed E-state index contributed by atoms with van der Waals surface area (Å²) < 4.78 is 0. The second-order valence-electron chi connectivity index (χ2n) is 5.70. The van der Waals surface area contributed by atoms with Crippen LogP contribution in [0.15, 0.2) is 42.5 Å². The maximum atomic E-state index is 3.86. The van der Waals surface area contributed by atoms with Gasteiger partial charge in [0.05, 0.1) is 0 Å². The molecule has 0 bridgehead atoms. The SMILES string of the molecule is Cc1ccc(C)c(CC(Br)CCc2ccccc2C)c1. The average molecular weight is 331 g/mol. The van der Waals surface area contributed by atoms with Crippen LogP contribution in [0.3, 0.4) is 0 Å². The molecule has 2 aromatic rings. The van der Waals surface area contributed by atoms with Gasteiger partial charge in [0, 0.05) is 4.83 Å². The molecule has 20 heavy (non-hydrogen) atoms. The van der Waals surface area contributed by atoms with E-state index in [0.29, 0.717) is 4.83 Å². The topological polar surface area (TPSA) is 0 Å². The van der Waals surface area contributed by atoms with E-state index in [2.05, 4.69) is 79.2 Å². The van der Waals surface area contributed by atoms with Gasteiger partial charge in [-0.05, 0) is 62.3 Å². The normalized spacial score (nSPS) is 12.4. The van der Waals surface area contributed by atoms with Crippen molar-refractivity contribution in [3.63, 3.8) is 0 Å². The fraction of sp³-hybridized carbons (Fsp3) is 0.368. The molecule has 0 aliphatic carbocycles. The molecular formula is C19H23Br. The molecule has 106 valence electrons. The van der Waals surface area contributed by atoms with Gasteiger partial charge < -0.3 is 0 Å². The van der Waals surface area contributed by atoms with Gasteiger partial charge in [-0.2, -0.15) is 0 Å². The molecule has 0 fully saturated rings. The zero-order valence-corrected chi connectivity index (χ0v) is 14.2. The first-order valence-corrected chi connectivity index (χ1v) is 8.22. The summed E-state index contributed by atoms with van der Waals surface area (Å²) in [5, 5.41) is 0. The van der Waals surface area contributed by atoms with Crippen LogP contribution in [-0.2, 0) is 12.8 Å². The Balaban J connectivity index is 1.94. The Morgan fingerprint density at radius 3 is 2.35 bits per heavy atom. The first kappa shape index (κ1) is 15.3. The molecule has 0 spiro atoms. The molecule has 0 N–H and O–H groups in total. The maximum absolute atomic E-state index is 3.86. The third kappa shape index (κ3) is 4.21. The second-order valence-corrected chi connectivity index (χ2v) is 6.99. The lowest BCUT2D eigenvalue weighted by Crippen LogP contribution is -2.06. The van der Waals surface area contributed by atoms with Gasteiger partial charge in [0.1, 0.15) is 0 Å². The predicted molar refractivity (Wildman–Crippen MR) is 91.8 cm³/mol. The van der Waals surface area contributed by atoms with Gasteiger partial charge in [0.25, 0.3) is 0 Å². The van der Waals surface area contributed by atoms with E-state index in [9.17, 15) is 0 Å². The van der Waals surface area contributed by atoms with E-state index in [-0.39, 0.29) is 0 Å². The number of hydrogen-bond acceptors (Lipinski definition) is 0. The number of aryl methyl sites for hydroxylation is 4. The first-order chi connectivity index (χ1) is 9.56. The molecular weight excluding hydrogens is 308 g/mol. The van der Waals surface area contributed by atoms with E-state index in [0.717, 1.165) is 12.8 Å². The maximum Gasteiger partial charge on any atom is 0.0189 e. The Bertz CT molecular complexity index is 572. The van der Waals surface area contributed by atoms with E-state index in [1.165, 1.54) is 34.2 Å². The van der Waals surface area contributed by atoms with Crippen LogP contribution in [0, 0.1) is 20.8 Å². The lowest BCUT2D eigenvalue weighted by molar-refractivity contribution is 0.758. The standard InChI is InChI=1S/C19H23Br/c1-14-8-9-16(3)18(12-14)13-19(20)11-10-17-7-5-4-6-15(17)2/h4-9,12,19H,10-11,13H2,1-3H3. The smallest absolute Gasteiger partial charge is 0.0189 e. The molecule has 0 heterocycles. The van der Waals surface area contributed by atoms with Crippen molar-refractivity contribution in [1.82, 2.24) is 0 Å². The highest BCUT2D eigenvalue weighted by Crippen LogP contribution is 2.20. The summed E-state index contributed by atoms with van der Waals surface area (Å²) in [6.45, 7) is 6.57. The van der Waals surface area contributed by atoms with E-state index in [4.69, 9.17) is 0 Å². The van der Waals surface area contributed by atoms with Crippen molar-refractivity contribution in [3.05, 3.63) is 70.3 Å². The van der Waals surface area contributed by atoms with E-state index in [1.807, 2.05) is 0 Å². The molecule has 0 saturated carbocycles. The molecule has 0 aliphatic rings. The van der Waals surface area contributed by atoms with Crippen LogP contribution in [0.25, 0.3) is 0 Å². The number of rotatable bonds is 5. The van der Waals surface area contributed by atoms with Gasteiger partial charge in [-0.15, -0.1) is 0 Å². The molecule has 2 aromatic carbocycles. The van der Waals surface area contributed by atoms with Gasteiger partial charge in [0.15, 0.2) is 0 Å². The van der Waals surface area contributed by atoms with E-state index in [1.54, 1.807) is 0 Å². The van der Waals surface area contributed by atoms with Crippen molar-refractivity contribution < 1.29 is 0 Å². The predicted octanol–water partition coefficient (Wildman–Crippen LogP) is 5.55. The molecule has 1 heteroatoms. The number of alkyl halides is 1. The summed E-state index contributed by atoms with van der Waals surface area (Å²) in [4.78, 5) is 0.544. The van der Waals surface area contributed by atoms with Crippen molar-refractivity contribution in [2.24, 2.45) is 0 Å². The molecule has 1 unspecified atom stereocenters. The zero-order chi connectivity index (χ0) is 14.5. The molecule has 2 rings (SSSR count). The van der Waals surface area contributed by atoms with Crippen molar-refractivity contribution in [2.45, 2.75) is 44.9 Å². The lowest BCUT2D eigenvalue weighted by atomic mass is 9.97. The summed E-state index contributed by atoms with van der Waals surface area (Å²) >= 11 is 3.86. The lowest BCUT2D eigenvalue weighted by Gasteiger charge is -2.13. The molecule has 0 radical (unpaired) electrons. The molecule has 0 amide bonds. The van der Waals surface area contributed by atoms with Crippen LogP contribution in [0.1, 0.15) is 34.2 Å². The molecule has 0 aromatic heterocycles. The Morgan fingerprint density at radius 2 is 1.60 bits per heavy atom. The van der Waals surface area contributed by atoms with Gasteiger partial charge in [-0.3, -0.25) is 0 Å². The minimum absolute atomic E-state index is 0.544. The van der Waals surface area contributed by atoms with Crippen LogP contribution in [-0.4, -0.2) is 4.83 Å². The fourth-order valence-corrected chi connectivity index (χ4v) is 3.14. The summed E-state index contributed by atoms with van der Waals surface area (Å²) in [5.74, 6) is 0. The highest BCUT2D eigenvalue weighted by atomic mass is 79.9. The van der Waals surface area contributed by atoms with Gasteiger partial charge in [-0.25, -0.2) is 0 Å². The van der Waals surface area contributed by atoms with Crippen LogP contribution in [0.4, 0.5) is 0 Å². The third-order valence-corrected chi connectivity index (χ3v) is 4.72. The van der Waals surface area contributed by atoms with Gasteiger partial charge in [0.2, 0.25) is 0 Å². The number of halogens is 1. The van der Waals surface area contributed by atoms with Crippen molar-refractivity contribution in [2.75, 3.05) is 0 Å². The second kappa shape index (κ2) is 7.08. The summed E-state index contributed by atoms with van der Waals surface area (Å²) in [6, 6.07) is 15.4. The van der Waals surface area contributed by atoms with Crippen LogP contribution < -0.4 is 0 Å². The average Bonchev–Trinajstić information content (AvgIpc) is 2.42. The summed E-state index contributed by atoms with van der Waals surface area (Å²) in [7, 11) is 0. The van der Waals surface area contributed by atoms with Crippen LogP contribution >= 0.6 is 15.9 Å². The first-order valence-electron chi connectivity index (χ1n) is 7.31. The third-order valence-electron chi connectivity index (χ3n) is 3.93. The highest BCUT2D eigenvalue weighted by molar-refractivity contribution is 9.09. The summed E-state index contributed by atoms with van der Waals surface area (Å²) in [6.07, 6.45) is 3.44. The quantitative estimate of drug-likeness (QED) is 0.630. The largest absolute Gasteiger partial charge is 0.0887 e. The minimum Gasteiger partial charge on any atom is -0.0887 e. The fourth-order valence-electron chi connectivity index (χ4n) is 2.56. The van der Waals surface area contributed by atoms with E-state index < -0.39 is 0 Å². The van der Waals surface area contributed by atoms with Crippen molar-refractivity contribution >= 4 is 15.9 Å². The number of hydrogen-bond donors (Lipinski definition) is 0. The Labute approximate surface area is 131 Å². The highest BCUT2D eigenvalue weighted by Gasteiger charge is 2.09. The molecule has 0 saturated heterocycles. The monoisotopic (exact) mass is 330 g/mol. The van der Waals surface area contributed by atoms with Crippen molar-refractivity contribution in [1.29, 1.82) is 0 Å². The van der Waals surface area contributed by atoms with Gasteiger partial charge >= 0.3 is 0 Å². The number of benzene rings is 2. The molecule has 0 aliphatic heterocycles. The summed E-state index contributed by atoms with van der Waals surface area (Å²) in [5.41, 5.74) is 7.09. The van der Waals surface area contributed by atoms with E-state index >= 15 is 0 Å². The molecule has 0 nitrogen and oxygen atoms in total. The Hall–Kier alpha value is -1.08. The molecule has 1 atom stereocenters. The van der Waals surface area contributed by atoms with Crippen LogP contribution in [0.2, 0.25) is 0 Å². The van der Waals surface area contributed by atoms with Gasteiger partial charge in [-0.1, -0.05) is 64.0 Å². The Morgan fingerprint density at radius 1 is 0.900 bits per heavy atom. The minimum atomic E-state index is 0.544.